The lowest BCUT2D eigenvalue weighted by atomic mass is 10.4. The van der Waals surface area contributed by atoms with Gasteiger partial charge in [-0.3, -0.25) is 0 Å². The number of pyridine rings is 1. The predicted octanol–water partition coefficient (Wildman–Crippen LogP) is 1.63. The molecule has 0 saturated carbocycles. The van der Waals surface area contributed by atoms with Crippen LogP contribution in [-0.4, -0.2) is 27.0 Å². The van der Waals surface area contributed by atoms with Gasteiger partial charge in [0.05, 0.1) is 7.11 Å². The molecule has 0 fully saturated rings. The molecule has 0 radical (unpaired) electrons. The van der Waals surface area contributed by atoms with Crippen LogP contribution in [0.5, 0.6) is 11.8 Å². The highest BCUT2D eigenvalue weighted by molar-refractivity contribution is 6.29. The Morgan fingerprint density at radius 3 is 2.80 bits per heavy atom. The van der Waals surface area contributed by atoms with E-state index in [1.54, 1.807) is 18.3 Å². The van der Waals surface area contributed by atoms with Crippen molar-refractivity contribution < 1.29 is 9.84 Å². The van der Waals surface area contributed by atoms with E-state index in [2.05, 4.69) is 10.1 Å². The summed E-state index contributed by atoms with van der Waals surface area (Å²) >= 11 is 5.72. The minimum Gasteiger partial charge on any atom is -0.492 e. The van der Waals surface area contributed by atoms with Gasteiger partial charge in [-0.2, -0.15) is 4.98 Å². The molecule has 6 heteroatoms. The molecule has 2 rings (SSSR count). The van der Waals surface area contributed by atoms with Crippen LogP contribution in [0.1, 0.15) is 0 Å². The second-order valence-corrected chi connectivity index (χ2v) is 3.17. The molecule has 0 spiro atoms. The van der Waals surface area contributed by atoms with Crippen molar-refractivity contribution in [3.63, 3.8) is 0 Å². The SMILES string of the molecule is COc1nc(Cl)ccc1-n1ccc(O)n1. The predicted molar refractivity (Wildman–Crippen MR) is 54.6 cm³/mol. The van der Waals surface area contributed by atoms with Crippen molar-refractivity contribution in [3.8, 4) is 17.4 Å². The third kappa shape index (κ3) is 1.87. The summed E-state index contributed by atoms with van der Waals surface area (Å²) in [6.45, 7) is 0. The monoisotopic (exact) mass is 225 g/mol. The Labute approximate surface area is 90.9 Å². The molecule has 78 valence electrons. The van der Waals surface area contributed by atoms with Gasteiger partial charge in [0.15, 0.2) is 0 Å². The maximum absolute atomic E-state index is 9.11. The molecule has 2 aromatic heterocycles. The van der Waals surface area contributed by atoms with Crippen molar-refractivity contribution in [3.05, 3.63) is 29.5 Å². The molecule has 0 aliphatic heterocycles. The number of nitrogens with zero attached hydrogens (tertiary/aromatic N) is 3. The van der Waals surface area contributed by atoms with E-state index < -0.39 is 0 Å². The summed E-state index contributed by atoms with van der Waals surface area (Å²) in [4.78, 5) is 3.98. The van der Waals surface area contributed by atoms with Crippen molar-refractivity contribution in [2.75, 3.05) is 7.11 Å². The van der Waals surface area contributed by atoms with E-state index in [-0.39, 0.29) is 5.88 Å². The molecule has 0 aliphatic rings. The Kier molecular flexibility index (Phi) is 2.47. The Balaban J connectivity index is 2.52. The Hall–Kier alpha value is -1.75. The van der Waals surface area contributed by atoms with Gasteiger partial charge in [0.1, 0.15) is 10.8 Å². The van der Waals surface area contributed by atoms with E-state index in [1.807, 2.05) is 0 Å². The number of halogens is 1. The normalized spacial score (nSPS) is 10.3. The number of rotatable bonds is 2. The maximum Gasteiger partial charge on any atom is 0.241 e. The number of methoxy groups -OCH3 is 1. The number of aromatic nitrogens is 3. The van der Waals surface area contributed by atoms with Gasteiger partial charge in [-0.25, -0.2) is 4.68 Å². The molecule has 0 unspecified atom stereocenters. The topological polar surface area (TPSA) is 60.2 Å². The number of hydrogen-bond acceptors (Lipinski definition) is 4. The molecule has 0 saturated heterocycles. The van der Waals surface area contributed by atoms with Crippen LogP contribution in [0.3, 0.4) is 0 Å². The van der Waals surface area contributed by atoms with E-state index in [1.165, 1.54) is 17.9 Å². The molecule has 0 bridgehead atoms. The number of hydrogen-bond donors (Lipinski definition) is 1. The minimum atomic E-state index is -0.0630. The van der Waals surface area contributed by atoms with Gasteiger partial charge in [-0.1, -0.05) is 11.6 Å². The molecule has 0 aromatic carbocycles. The maximum atomic E-state index is 9.11. The van der Waals surface area contributed by atoms with Gasteiger partial charge in [0.2, 0.25) is 11.8 Å². The van der Waals surface area contributed by atoms with Crippen molar-refractivity contribution in [1.29, 1.82) is 0 Å². The van der Waals surface area contributed by atoms with Crippen LogP contribution >= 0.6 is 11.6 Å². The fourth-order valence-electron chi connectivity index (χ4n) is 1.18. The third-order valence-electron chi connectivity index (χ3n) is 1.82. The van der Waals surface area contributed by atoms with Crippen molar-refractivity contribution in [1.82, 2.24) is 14.8 Å². The summed E-state index contributed by atoms with van der Waals surface area (Å²) in [6, 6.07) is 4.80. The lowest BCUT2D eigenvalue weighted by Crippen LogP contribution is -2.00. The van der Waals surface area contributed by atoms with Gasteiger partial charge in [-0.15, -0.1) is 5.10 Å². The molecular formula is C9H8ClN3O2. The largest absolute Gasteiger partial charge is 0.492 e. The second-order valence-electron chi connectivity index (χ2n) is 2.78. The van der Waals surface area contributed by atoms with Gasteiger partial charge in [0.25, 0.3) is 0 Å². The molecule has 0 atom stereocenters. The molecule has 15 heavy (non-hydrogen) atoms. The average Bonchev–Trinajstić information content (AvgIpc) is 2.64. The van der Waals surface area contributed by atoms with E-state index in [9.17, 15) is 0 Å². The van der Waals surface area contributed by atoms with Crippen LogP contribution in [0.15, 0.2) is 24.4 Å². The lowest BCUT2D eigenvalue weighted by Gasteiger charge is -2.06. The Morgan fingerprint density at radius 1 is 1.40 bits per heavy atom. The van der Waals surface area contributed by atoms with Crippen molar-refractivity contribution >= 4 is 11.6 Å². The van der Waals surface area contributed by atoms with Crippen LogP contribution in [0.25, 0.3) is 5.69 Å². The van der Waals surface area contributed by atoms with Gasteiger partial charge in [0, 0.05) is 12.3 Å². The summed E-state index contributed by atoms with van der Waals surface area (Å²) in [7, 11) is 1.49. The van der Waals surface area contributed by atoms with Crippen LogP contribution < -0.4 is 4.74 Å². The number of aromatic hydroxyl groups is 1. The number of ether oxygens (including phenoxy) is 1. The van der Waals surface area contributed by atoms with E-state index >= 15 is 0 Å². The quantitative estimate of drug-likeness (QED) is 0.790. The fraction of sp³-hybridized carbons (Fsp3) is 0.111. The first kappa shape index (κ1) is 9.79. The standard InChI is InChI=1S/C9H8ClN3O2/c1-15-9-6(2-3-7(10)11-9)13-5-4-8(14)12-13/h2-5H,1H3,(H,12,14). The molecule has 5 nitrogen and oxygen atoms in total. The first-order valence-electron chi connectivity index (χ1n) is 4.16. The highest BCUT2D eigenvalue weighted by Crippen LogP contribution is 2.22. The van der Waals surface area contributed by atoms with Crippen LogP contribution in [0, 0.1) is 0 Å². The summed E-state index contributed by atoms with van der Waals surface area (Å²) in [5.41, 5.74) is 0.613. The smallest absolute Gasteiger partial charge is 0.241 e. The first-order valence-corrected chi connectivity index (χ1v) is 4.54. The zero-order valence-corrected chi connectivity index (χ0v) is 8.64. The van der Waals surface area contributed by atoms with Crippen LogP contribution in [0.2, 0.25) is 5.15 Å². The van der Waals surface area contributed by atoms with Gasteiger partial charge >= 0.3 is 0 Å². The first-order chi connectivity index (χ1) is 7.20. The molecular weight excluding hydrogens is 218 g/mol. The molecule has 0 amide bonds. The van der Waals surface area contributed by atoms with Gasteiger partial charge in [-0.05, 0) is 12.1 Å². The van der Waals surface area contributed by atoms with Crippen molar-refractivity contribution in [2.45, 2.75) is 0 Å². The Morgan fingerprint density at radius 2 is 2.20 bits per heavy atom. The summed E-state index contributed by atoms with van der Waals surface area (Å²) in [5, 5.41) is 13.3. The highest BCUT2D eigenvalue weighted by atomic mass is 35.5. The zero-order chi connectivity index (χ0) is 10.8. The lowest BCUT2D eigenvalue weighted by molar-refractivity contribution is 0.393. The van der Waals surface area contributed by atoms with Gasteiger partial charge < -0.3 is 9.84 Å². The van der Waals surface area contributed by atoms with Crippen LogP contribution in [0.4, 0.5) is 0 Å². The fourth-order valence-corrected chi connectivity index (χ4v) is 1.32. The molecule has 2 heterocycles. The molecule has 2 aromatic rings. The zero-order valence-electron chi connectivity index (χ0n) is 7.88. The summed E-state index contributed by atoms with van der Waals surface area (Å²) < 4.78 is 6.51. The molecule has 1 N–H and O–H groups in total. The van der Waals surface area contributed by atoms with E-state index in [0.29, 0.717) is 16.7 Å². The second kappa shape index (κ2) is 3.78. The van der Waals surface area contributed by atoms with E-state index in [0.717, 1.165) is 0 Å². The molecule has 0 aliphatic carbocycles. The highest BCUT2D eigenvalue weighted by Gasteiger charge is 2.08. The van der Waals surface area contributed by atoms with Crippen LogP contribution in [-0.2, 0) is 0 Å². The Bertz CT molecular complexity index is 484. The average molecular weight is 226 g/mol. The summed E-state index contributed by atoms with van der Waals surface area (Å²) in [5.74, 6) is 0.289. The minimum absolute atomic E-state index is 0.0630. The van der Waals surface area contributed by atoms with Crippen molar-refractivity contribution in [2.24, 2.45) is 0 Å². The van der Waals surface area contributed by atoms with E-state index in [4.69, 9.17) is 21.4 Å². The summed E-state index contributed by atoms with van der Waals surface area (Å²) in [6.07, 6.45) is 1.60. The third-order valence-corrected chi connectivity index (χ3v) is 2.03.